The van der Waals surface area contributed by atoms with Gasteiger partial charge in [-0.3, -0.25) is 4.90 Å². The molecule has 2 aliphatic rings. The van der Waals surface area contributed by atoms with Crippen LogP contribution in [0, 0.1) is 5.92 Å². The molecule has 2 heterocycles. The molecule has 4 heteroatoms. The Balaban J connectivity index is 0.00000128. The number of piperidine rings is 1. The van der Waals surface area contributed by atoms with Crippen molar-refractivity contribution in [3.8, 4) is 0 Å². The van der Waals surface area contributed by atoms with Crippen LogP contribution in [-0.2, 0) is 4.74 Å². The van der Waals surface area contributed by atoms with Crippen LogP contribution in [0.5, 0.6) is 0 Å². The van der Waals surface area contributed by atoms with Crippen molar-refractivity contribution >= 4 is 12.4 Å². The smallest absolute Gasteiger partial charge is 0.0753 e. The molecule has 0 bridgehead atoms. The molecule has 16 heavy (non-hydrogen) atoms. The van der Waals surface area contributed by atoms with E-state index in [1.165, 1.54) is 32.5 Å². The summed E-state index contributed by atoms with van der Waals surface area (Å²) < 4.78 is 5.73. The average Bonchev–Trinajstić information content (AvgIpc) is 2.17. The fraction of sp³-hybridized carbons (Fsp3) is 1.00. The Morgan fingerprint density at radius 3 is 2.88 bits per heavy atom. The average molecular weight is 249 g/mol. The molecule has 2 saturated heterocycles. The lowest BCUT2D eigenvalue weighted by Crippen LogP contribution is -2.50. The van der Waals surface area contributed by atoms with E-state index < -0.39 is 0 Å². The molecule has 3 nitrogen and oxygen atoms in total. The van der Waals surface area contributed by atoms with Gasteiger partial charge >= 0.3 is 0 Å². The quantitative estimate of drug-likeness (QED) is 0.802. The topological polar surface area (TPSA) is 24.5 Å². The van der Waals surface area contributed by atoms with E-state index in [0.717, 1.165) is 25.6 Å². The van der Waals surface area contributed by atoms with E-state index in [1.807, 2.05) is 0 Å². The van der Waals surface area contributed by atoms with Gasteiger partial charge in [-0.1, -0.05) is 0 Å². The normalized spacial score (nSPS) is 30.8. The van der Waals surface area contributed by atoms with Crippen molar-refractivity contribution in [1.82, 2.24) is 10.2 Å². The maximum Gasteiger partial charge on any atom is 0.0753 e. The van der Waals surface area contributed by atoms with Gasteiger partial charge in [-0.25, -0.2) is 0 Å². The monoisotopic (exact) mass is 248 g/mol. The number of hydrogen-bond acceptors (Lipinski definition) is 3. The van der Waals surface area contributed by atoms with Crippen molar-refractivity contribution in [1.29, 1.82) is 0 Å². The third kappa shape index (κ3) is 4.21. The second-order valence-corrected chi connectivity index (χ2v) is 5.56. The number of nitrogens with one attached hydrogen (secondary N) is 1. The van der Waals surface area contributed by atoms with Crippen molar-refractivity contribution in [2.45, 2.75) is 32.3 Å². The largest absolute Gasteiger partial charge is 0.373 e. The molecule has 0 aromatic heterocycles. The Bertz CT molecular complexity index is 205. The fourth-order valence-corrected chi connectivity index (χ4v) is 2.72. The zero-order valence-electron chi connectivity index (χ0n) is 10.5. The summed E-state index contributed by atoms with van der Waals surface area (Å²) in [7, 11) is 0. The number of nitrogens with zero attached hydrogens (tertiary/aromatic N) is 1. The molecule has 2 aliphatic heterocycles. The van der Waals surface area contributed by atoms with Crippen LogP contribution in [0.4, 0.5) is 0 Å². The van der Waals surface area contributed by atoms with Gasteiger partial charge in [0.25, 0.3) is 0 Å². The van der Waals surface area contributed by atoms with Gasteiger partial charge < -0.3 is 10.1 Å². The van der Waals surface area contributed by atoms with Gasteiger partial charge in [-0.2, -0.15) is 0 Å². The Hall–Kier alpha value is 0.170. The fourth-order valence-electron chi connectivity index (χ4n) is 2.72. The Labute approximate surface area is 105 Å². The molecule has 1 atom stereocenters. The first-order chi connectivity index (χ1) is 7.16. The first kappa shape index (κ1) is 14.2. The minimum Gasteiger partial charge on any atom is -0.373 e. The molecule has 1 unspecified atom stereocenters. The number of halogens is 1. The van der Waals surface area contributed by atoms with E-state index in [2.05, 4.69) is 24.1 Å². The summed E-state index contributed by atoms with van der Waals surface area (Å²) in [6.45, 7) is 11.1. The standard InChI is InChI=1S/C12H24N2O.ClH/c1-12(2)10-14(6-7-15-12)9-11-4-3-5-13-8-11;/h11,13H,3-10H2,1-2H3;1H. The van der Waals surface area contributed by atoms with Crippen LogP contribution in [0.3, 0.4) is 0 Å². The van der Waals surface area contributed by atoms with Gasteiger partial charge in [-0.15, -0.1) is 12.4 Å². The minimum atomic E-state index is 0. The molecule has 0 saturated carbocycles. The van der Waals surface area contributed by atoms with Crippen molar-refractivity contribution in [2.24, 2.45) is 5.92 Å². The summed E-state index contributed by atoms with van der Waals surface area (Å²) in [5, 5.41) is 3.49. The first-order valence-corrected chi connectivity index (χ1v) is 6.23. The van der Waals surface area contributed by atoms with Gasteiger partial charge in [0.2, 0.25) is 0 Å². The van der Waals surface area contributed by atoms with Gasteiger partial charge in [0.15, 0.2) is 0 Å². The Morgan fingerprint density at radius 1 is 1.44 bits per heavy atom. The Morgan fingerprint density at radius 2 is 2.25 bits per heavy atom. The lowest BCUT2D eigenvalue weighted by atomic mass is 9.98. The number of ether oxygens (including phenoxy) is 1. The van der Waals surface area contributed by atoms with Crippen molar-refractivity contribution in [2.75, 3.05) is 39.3 Å². The van der Waals surface area contributed by atoms with E-state index in [-0.39, 0.29) is 18.0 Å². The molecule has 0 aromatic carbocycles. The molecule has 0 spiro atoms. The third-order valence-corrected chi connectivity index (χ3v) is 3.42. The summed E-state index contributed by atoms with van der Waals surface area (Å²) in [5.41, 5.74) is 0.0559. The molecule has 2 fully saturated rings. The van der Waals surface area contributed by atoms with E-state index in [1.54, 1.807) is 0 Å². The summed E-state index contributed by atoms with van der Waals surface area (Å²) in [6.07, 6.45) is 2.74. The summed E-state index contributed by atoms with van der Waals surface area (Å²) in [4.78, 5) is 2.57. The molecule has 0 radical (unpaired) electrons. The predicted molar refractivity (Wildman–Crippen MR) is 69.3 cm³/mol. The molecule has 0 amide bonds. The predicted octanol–water partition coefficient (Wildman–Crippen LogP) is 1.52. The third-order valence-electron chi connectivity index (χ3n) is 3.42. The number of rotatable bonds is 2. The molecule has 2 rings (SSSR count). The minimum absolute atomic E-state index is 0. The van der Waals surface area contributed by atoms with Crippen molar-refractivity contribution in [3.05, 3.63) is 0 Å². The summed E-state index contributed by atoms with van der Waals surface area (Å²) in [6, 6.07) is 0. The van der Waals surface area contributed by atoms with Crippen molar-refractivity contribution in [3.63, 3.8) is 0 Å². The summed E-state index contributed by atoms with van der Waals surface area (Å²) >= 11 is 0. The lowest BCUT2D eigenvalue weighted by Gasteiger charge is -2.40. The van der Waals surface area contributed by atoms with Crippen LogP contribution >= 0.6 is 12.4 Å². The maximum atomic E-state index is 5.73. The lowest BCUT2D eigenvalue weighted by molar-refractivity contribution is -0.0894. The molecule has 1 N–H and O–H groups in total. The first-order valence-electron chi connectivity index (χ1n) is 6.23. The summed E-state index contributed by atoms with van der Waals surface area (Å²) in [5.74, 6) is 0.854. The highest BCUT2D eigenvalue weighted by Crippen LogP contribution is 2.19. The maximum absolute atomic E-state index is 5.73. The highest BCUT2D eigenvalue weighted by molar-refractivity contribution is 5.85. The number of morpholine rings is 1. The van der Waals surface area contributed by atoms with Crippen LogP contribution in [0.2, 0.25) is 0 Å². The van der Waals surface area contributed by atoms with Crippen LogP contribution in [-0.4, -0.2) is 49.8 Å². The Kier molecular flexibility index (Phi) is 5.51. The SMILES string of the molecule is CC1(C)CN(CC2CCCNC2)CCO1.Cl. The highest BCUT2D eigenvalue weighted by Gasteiger charge is 2.28. The van der Waals surface area contributed by atoms with Gasteiger partial charge in [0.1, 0.15) is 0 Å². The van der Waals surface area contributed by atoms with Gasteiger partial charge in [-0.05, 0) is 45.7 Å². The van der Waals surface area contributed by atoms with Crippen LogP contribution in [0.1, 0.15) is 26.7 Å². The van der Waals surface area contributed by atoms with E-state index in [0.29, 0.717) is 0 Å². The molecule has 96 valence electrons. The van der Waals surface area contributed by atoms with E-state index in [4.69, 9.17) is 4.74 Å². The molecular weight excluding hydrogens is 224 g/mol. The van der Waals surface area contributed by atoms with E-state index >= 15 is 0 Å². The van der Waals surface area contributed by atoms with Crippen molar-refractivity contribution < 1.29 is 4.74 Å². The molecule has 0 aromatic rings. The van der Waals surface area contributed by atoms with Gasteiger partial charge in [0, 0.05) is 19.6 Å². The zero-order valence-corrected chi connectivity index (χ0v) is 11.3. The zero-order chi connectivity index (χ0) is 10.7. The molecule has 0 aliphatic carbocycles. The molecular formula is C12H25ClN2O. The van der Waals surface area contributed by atoms with Crippen LogP contribution in [0.25, 0.3) is 0 Å². The second kappa shape index (κ2) is 6.20. The van der Waals surface area contributed by atoms with Crippen LogP contribution in [0.15, 0.2) is 0 Å². The van der Waals surface area contributed by atoms with Gasteiger partial charge in [0.05, 0.1) is 12.2 Å². The van der Waals surface area contributed by atoms with E-state index in [9.17, 15) is 0 Å². The highest BCUT2D eigenvalue weighted by atomic mass is 35.5. The van der Waals surface area contributed by atoms with Crippen LogP contribution < -0.4 is 5.32 Å². The number of hydrogen-bond donors (Lipinski definition) is 1. The second-order valence-electron chi connectivity index (χ2n) is 5.56.